The van der Waals surface area contributed by atoms with Gasteiger partial charge in [-0.1, -0.05) is 200 Å². The fourth-order valence-electron chi connectivity index (χ4n) is 10.2. The lowest BCUT2D eigenvalue weighted by Gasteiger charge is -2.34. The second kappa shape index (κ2) is 13.8. The van der Waals surface area contributed by atoms with E-state index in [1.807, 2.05) is 6.07 Å². The summed E-state index contributed by atoms with van der Waals surface area (Å²) < 4.78 is 2.51. The zero-order valence-corrected chi connectivity index (χ0v) is 32.8. The van der Waals surface area contributed by atoms with Gasteiger partial charge >= 0.3 is 0 Å². The van der Waals surface area contributed by atoms with Crippen LogP contribution in [-0.2, 0) is 5.41 Å². The lowest BCUT2D eigenvalue weighted by Crippen LogP contribution is -2.44. The number of fused-ring (bicyclic) bond motifs is 10. The summed E-state index contributed by atoms with van der Waals surface area (Å²) in [4.78, 5) is 5.14. The molecule has 2 aliphatic rings. The molecule has 4 heteroatoms. The maximum atomic E-state index is 5.14. The van der Waals surface area contributed by atoms with Crippen molar-refractivity contribution in [3.63, 3.8) is 0 Å². The Kier molecular flexibility index (Phi) is 7.94. The topological polar surface area (TPSA) is 41.4 Å². The first-order valence-electron chi connectivity index (χ1n) is 20.8. The van der Waals surface area contributed by atoms with Gasteiger partial charge in [0, 0.05) is 27.4 Å². The number of amidine groups is 1. The van der Waals surface area contributed by atoms with Gasteiger partial charge in [0.05, 0.1) is 16.4 Å². The molecule has 1 aliphatic carbocycles. The third kappa shape index (κ3) is 5.11. The quantitative estimate of drug-likeness (QED) is 0.177. The van der Waals surface area contributed by atoms with Crippen LogP contribution in [0.15, 0.2) is 223 Å². The van der Waals surface area contributed by atoms with Crippen molar-refractivity contribution in [3.8, 4) is 16.8 Å². The highest BCUT2D eigenvalue weighted by atomic mass is 15.3. The number of hydrogen-bond donors (Lipinski definition) is 2. The van der Waals surface area contributed by atoms with E-state index in [0.29, 0.717) is 0 Å². The van der Waals surface area contributed by atoms with Crippen LogP contribution in [0.25, 0.3) is 49.4 Å². The average molecular weight is 769 g/mol. The molecule has 0 radical (unpaired) electrons. The van der Waals surface area contributed by atoms with Gasteiger partial charge in [0.25, 0.3) is 0 Å². The van der Waals surface area contributed by atoms with Crippen molar-refractivity contribution >= 4 is 38.4 Å². The summed E-state index contributed by atoms with van der Waals surface area (Å²) in [6.45, 7) is 0. The van der Waals surface area contributed by atoms with Gasteiger partial charge in [0.15, 0.2) is 0 Å². The Hall–Kier alpha value is -7.53. The molecule has 2 heterocycles. The lowest BCUT2D eigenvalue weighted by molar-refractivity contribution is 0.409. The second-order valence-electron chi connectivity index (χ2n) is 15.9. The third-order valence-corrected chi connectivity index (χ3v) is 12.7. The Bertz CT molecular complexity index is 3200. The monoisotopic (exact) mass is 768 g/mol. The molecule has 0 fully saturated rings. The molecule has 0 amide bonds. The first-order valence-corrected chi connectivity index (χ1v) is 20.8. The summed E-state index contributed by atoms with van der Waals surface area (Å²) in [5, 5.41) is 12.6. The fourth-order valence-corrected chi connectivity index (χ4v) is 10.2. The molecule has 1 aliphatic heterocycles. The van der Waals surface area contributed by atoms with Crippen molar-refractivity contribution in [2.75, 3.05) is 0 Å². The standard InChI is InChI=1S/C56H40N4/c1-5-19-37(20-6-1)53-57-54(38-21-7-2-8-22-38)59-55(58-53)39-33-35-42(36-34-39)60-48-32-18-16-30-46(48)50-51-49(43-27-13-14-28-44(43)52(50)60)45-29-15-17-31-47(45)56(51,40-23-9-3-10-24-40)41-25-11-4-12-26-41/h1-36,53,55,58H,(H,57,59). The van der Waals surface area contributed by atoms with E-state index in [-0.39, 0.29) is 12.3 Å². The number of aromatic nitrogens is 1. The van der Waals surface area contributed by atoms with E-state index in [2.05, 4.69) is 228 Å². The Balaban J connectivity index is 1.10. The summed E-state index contributed by atoms with van der Waals surface area (Å²) >= 11 is 0. The summed E-state index contributed by atoms with van der Waals surface area (Å²) in [7, 11) is 0. The first-order chi connectivity index (χ1) is 29.8. The minimum atomic E-state index is -0.554. The fraction of sp³-hybridized carbons (Fsp3) is 0.0536. The van der Waals surface area contributed by atoms with E-state index in [4.69, 9.17) is 4.99 Å². The van der Waals surface area contributed by atoms with Crippen LogP contribution in [0.2, 0.25) is 0 Å². The zero-order chi connectivity index (χ0) is 39.6. The Morgan fingerprint density at radius 3 is 1.75 bits per heavy atom. The molecular weight excluding hydrogens is 729 g/mol. The summed E-state index contributed by atoms with van der Waals surface area (Å²) in [6, 6.07) is 79.4. The van der Waals surface area contributed by atoms with Gasteiger partial charge < -0.3 is 9.88 Å². The number of nitrogens with zero attached hydrogens (tertiary/aromatic N) is 2. The summed E-state index contributed by atoms with van der Waals surface area (Å²) in [6.07, 6.45) is -0.355. The van der Waals surface area contributed by atoms with Crippen molar-refractivity contribution in [1.82, 2.24) is 15.2 Å². The maximum Gasteiger partial charge on any atom is 0.131 e. The molecule has 4 nitrogen and oxygen atoms in total. The van der Waals surface area contributed by atoms with E-state index in [9.17, 15) is 0 Å². The predicted molar refractivity (Wildman–Crippen MR) is 247 cm³/mol. The van der Waals surface area contributed by atoms with Crippen LogP contribution in [0.3, 0.4) is 0 Å². The van der Waals surface area contributed by atoms with Crippen molar-refractivity contribution in [3.05, 3.63) is 257 Å². The molecule has 10 aromatic rings. The number of para-hydroxylation sites is 1. The van der Waals surface area contributed by atoms with Gasteiger partial charge in [0.2, 0.25) is 0 Å². The Labute approximate surface area is 349 Å². The average Bonchev–Trinajstić information content (AvgIpc) is 3.84. The van der Waals surface area contributed by atoms with Crippen molar-refractivity contribution < 1.29 is 0 Å². The van der Waals surface area contributed by atoms with Gasteiger partial charge in [-0.15, -0.1) is 0 Å². The van der Waals surface area contributed by atoms with E-state index in [1.165, 1.54) is 66.0 Å². The summed E-state index contributed by atoms with van der Waals surface area (Å²) in [5.41, 5.74) is 14.1. The van der Waals surface area contributed by atoms with Gasteiger partial charge in [0.1, 0.15) is 18.2 Å². The van der Waals surface area contributed by atoms with Crippen LogP contribution in [0.1, 0.15) is 51.3 Å². The molecule has 2 atom stereocenters. The highest BCUT2D eigenvalue weighted by Crippen LogP contribution is 2.61. The summed E-state index contributed by atoms with van der Waals surface area (Å²) in [5.74, 6) is 0.876. The molecular formula is C56H40N4. The van der Waals surface area contributed by atoms with Gasteiger partial charge in [-0.05, 0) is 68.1 Å². The molecule has 0 saturated carbocycles. The van der Waals surface area contributed by atoms with E-state index in [0.717, 1.165) is 28.2 Å². The van der Waals surface area contributed by atoms with Crippen LogP contribution in [0.4, 0.5) is 0 Å². The van der Waals surface area contributed by atoms with E-state index >= 15 is 0 Å². The SMILES string of the molecule is c1ccc(C2=NC(c3ccccc3)NC(c3ccc(-n4c5ccccc5c5c6c(c7ccccc7c54)-c4ccccc4C6(c4ccccc4)c4ccccc4)cc3)N2)cc1. The first kappa shape index (κ1) is 34.5. The van der Waals surface area contributed by atoms with Crippen molar-refractivity contribution in [2.24, 2.45) is 4.99 Å². The zero-order valence-electron chi connectivity index (χ0n) is 32.8. The number of aliphatic imine (C=N–C) groups is 1. The Morgan fingerprint density at radius 1 is 0.483 bits per heavy atom. The second-order valence-corrected chi connectivity index (χ2v) is 15.9. The highest BCUT2D eigenvalue weighted by Gasteiger charge is 2.48. The maximum absolute atomic E-state index is 5.14. The molecule has 2 N–H and O–H groups in total. The molecule has 0 spiro atoms. The minimum absolute atomic E-state index is 0.157. The van der Waals surface area contributed by atoms with E-state index < -0.39 is 5.41 Å². The van der Waals surface area contributed by atoms with Gasteiger partial charge in [-0.25, -0.2) is 4.99 Å². The van der Waals surface area contributed by atoms with Crippen LogP contribution >= 0.6 is 0 Å². The Morgan fingerprint density at radius 2 is 1.05 bits per heavy atom. The smallest absolute Gasteiger partial charge is 0.131 e. The molecule has 1 aromatic heterocycles. The molecule has 0 bridgehead atoms. The van der Waals surface area contributed by atoms with Crippen LogP contribution in [0.5, 0.6) is 0 Å². The number of benzene rings is 9. The van der Waals surface area contributed by atoms with E-state index in [1.54, 1.807) is 0 Å². The largest absolute Gasteiger partial charge is 0.350 e. The molecule has 9 aromatic carbocycles. The molecule has 284 valence electrons. The minimum Gasteiger partial charge on any atom is -0.350 e. The number of hydrogen-bond acceptors (Lipinski definition) is 3. The third-order valence-electron chi connectivity index (χ3n) is 12.7. The van der Waals surface area contributed by atoms with Gasteiger partial charge in [-0.3, -0.25) is 5.32 Å². The highest BCUT2D eigenvalue weighted by molar-refractivity contribution is 6.26. The van der Waals surface area contributed by atoms with Gasteiger partial charge in [-0.2, -0.15) is 0 Å². The van der Waals surface area contributed by atoms with Crippen LogP contribution in [-0.4, -0.2) is 10.4 Å². The lowest BCUT2D eigenvalue weighted by atomic mass is 9.66. The molecule has 0 saturated heterocycles. The molecule has 2 unspecified atom stereocenters. The van der Waals surface area contributed by atoms with Crippen LogP contribution < -0.4 is 10.6 Å². The molecule has 60 heavy (non-hydrogen) atoms. The van der Waals surface area contributed by atoms with Crippen molar-refractivity contribution in [1.29, 1.82) is 0 Å². The normalized spacial score (nSPS) is 16.6. The predicted octanol–water partition coefficient (Wildman–Crippen LogP) is 12.6. The number of nitrogens with one attached hydrogen (secondary N) is 2. The number of rotatable bonds is 6. The van der Waals surface area contributed by atoms with Crippen LogP contribution in [0, 0.1) is 0 Å². The molecule has 12 rings (SSSR count). The van der Waals surface area contributed by atoms with Crippen molar-refractivity contribution in [2.45, 2.75) is 17.7 Å².